The van der Waals surface area contributed by atoms with Crippen LogP contribution in [-0.2, 0) is 0 Å². The highest BCUT2D eigenvalue weighted by atomic mass is 19.1. The molecule has 2 aromatic rings. The van der Waals surface area contributed by atoms with Gasteiger partial charge in [0.2, 0.25) is 0 Å². The lowest BCUT2D eigenvalue weighted by molar-refractivity contribution is 0.628. The predicted molar refractivity (Wildman–Crippen MR) is 83.3 cm³/mol. The Kier molecular flexibility index (Phi) is 3.00. The van der Waals surface area contributed by atoms with Crippen LogP contribution in [0.2, 0.25) is 0 Å². The van der Waals surface area contributed by atoms with Crippen molar-refractivity contribution in [1.82, 2.24) is 10.6 Å². The molecule has 0 spiro atoms. The lowest BCUT2D eigenvalue weighted by Crippen LogP contribution is -2.28. The first-order chi connectivity index (χ1) is 10.3. The first-order valence-electron chi connectivity index (χ1n) is 7.35. The largest absolute Gasteiger partial charge is 0.390 e. The highest BCUT2D eigenvalue weighted by molar-refractivity contribution is 5.65. The number of nitrogens with one attached hydrogen (secondary N) is 2. The van der Waals surface area contributed by atoms with E-state index in [4.69, 9.17) is 0 Å². The molecule has 2 aliphatic rings. The summed E-state index contributed by atoms with van der Waals surface area (Å²) in [7, 11) is 0. The minimum absolute atomic E-state index is 0.197. The fourth-order valence-electron chi connectivity index (χ4n) is 3.27. The first kappa shape index (κ1) is 12.6. The Morgan fingerprint density at radius 3 is 2.62 bits per heavy atom. The van der Waals surface area contributed by atoms with Gasteiger partial charge in [0.15, 0.2) is 0 Å². The summed E-state index contributed by atoms with van der Waals surface area (Å²) in [5, 5.41) is 9.42. The Hall–Kier alpha value is -2.13. The van der Waals surface area contributed by atoms with E-state index in [9.17, 15) is 4.39 Å². The van der Waals surface area contributed by atoms with Gasteiger partial charge >= 0.3 is 0 Å². The third-order valence-corrected chi connectivity index (χ3v) is 4.40. The molecule has 1 unspecified atom stereocenters. The molecule has 0 amide bonds. The normalized spacial score (nSPS) is 20.0. The second-order valence-electron chi connectivity index (χ2n) is 5.71. The molecule has 0 aliphatic carbocycles. The Labute approximate surface area is 123 Å². The number of benzene rings is 2. The van der Waals surface area contributed by atoms with Gasteiger partial charge in [0.1, 0.15) is 5.82 Å². The van der Waals surface area contributed by atoms with Crippen LogP contribution in [0.5, 0.6) is 0 Å². The van der Waals surface area contributed by atoms with Crippen molar-refractivity contribution in [2.75, 3.05) is 19.6 Å². The van der Waals surface area contributed by atoms with Crippen LogP contribution in [0.25, 0.3) is 22.9 Å². The van der Waals surface area contributed by atoms with Gasteiger partial charge in [0, 0.05) is 31.8 Å². The Morgan fingerprint density at radius 1 is 0.952 bits per heavy atom. The van der Waals surface area contributed by atoms with Crippen LogP contribution in [0.3, 0.4) is 0 Å². The molecule has 1 saturated heterocycles. The summed E-state index contributed by atoms with van der Waals surface area (Å²) >= 11 is 0. The van der Waals surface area contributed by atoms with Crippen molar-refractivity contribution in [3.63, 3.8) is 0 Å². The summed E-state index contributed by atoms with van der Waals surface area (Å²) in [6.45, 7) is 3.02. The molecule has 106 valence electrons. The van der Waals surface area contributed by atoms with Crippen molar-refractivity contribution in [1.29, 1.82) is 0 Å². The molecule has 4 rings (SSSR count). The van der Waals surface area contributed by atoms with E-state index in [-0.39, 0.29) is 5.82 Å². The van der Waals surface area contributed by atoms with Crippen molar-refractivity contribution in [3.05, 3.63) is 58.7 Å². The number of hydrogen-bond acceptors (Lipinski definition) is 2. The minimum atomic E-state index is -0.197. The SMILES string of the molecule is Fc1ccc(-c2ccc3c(c2)=CNCC2CNCC=32)cc1. The van der Waals surface area contributed by atoms with Gasteiger partial charge in [-0.3, -0.25) is 0 Å². The van der Waals surface area contributed by atoms with Crippen LogP contribution in [-0.4, -0.2) is 19.6 Å². The fraction of sp³-hybridized carbons (Fsp3) is 0.222. The van der Waals surface area contributed by atoms with Crippen LogP contribution >= 0.6 is 0 Å². The molecule has 0 aromatic heterocycles. The molecule has 1 atom stereocenters. The third kappa shape index (κ3) is 2.24. The van der Waals surface area contributed by atoms with Gasteiger partial charge in [-0.1, -0.05) is 24.3 Å². The number of halogens is 1. The van der Waals surface area contributed by atoms with Crippen LogP contribution < -0.4 is 21.1 Å². The monoisotopic (exact) mass is 280 g/mol. The molecular weight excluding hydrogens is 263 g/mol. The molecule has 3 heteroatoms. The lowest BCUT2D eigenvalue weighted by Gasteiger charge is -2.08. The molecule has 2 aliphatic heterocycles. The zero-order chi connectivity index (χ0) is 14.2. The van der Waals surface area contributed by atoms with E-state index < -0.39 is 0 Å². The zero-order valence-electron chi connectivity index (χ0n) is 11.7. The van der Waals surface area contributed by atoms with Crippen molar-refractivity contribution in [2.45, 2.75) is 0 Å². The van der Waals surface area contributed by atoms with E-state index in [2.05, 4.69) is 35.0 Å². The molecule has 1 fully saturated rings. The quantitative estimate of drug-likeness (QED) is 0.820. The topological polar surface area (TPSA) is 24.1 Å². The van der Waals surface area contributed by atoms with Crippen LogP contribution in [0.15, 0.2) is 42.5 Å². The third-order valence-electron chi connectivity index (χ3n) is 4.40. The molecule has 2 heterocycles. The summed E-state index contributed by atoms with van der Waals surface area (Å²) in [6.07, 6.45) is 2.10. The van der Waals surface area contributed by atoms with E-state index in [1.54, 1.807) is 0 Å². The van der Waals surface area contributed by atoms with Crippen molar-refractivity contribution in [2.24, 2.45) is 5.92 Å². The van der Waals surface area contributed by atoms with E-state index in [0.29, 0.717) is 5.92 Å². The Balaban J connectivity index is 1.88. The van der Waals surface area contributed by atoms with Crippen molar-refractivity contribution >= 4 is 11.8 Å². The van der Waals surface area contributed by atoms with E-state index in [1.165, 1.54) is 28.1 Å². The smallest absolute Gasteiger partial charge is 0.123 e. The number of fused-ring (bicyclic) bond motifs is 2. The van der Waals surface area contributed by atoms with Gasteiger partial charge in [-0.15, -0.1) is 0 Å². The van der Waals surface area contributed by atoms with E-state index in [0.717, 1.165) is 30.8 Å². The van der Waals surface area contributed by atoms with Crippen LogP contribution in [0.1, 0.15) is 0 Å². The van der Waals surface area contributed by atoms with Crippen LogP contribution in [0.4, 0.5) is 4.39 Å². The van der Waals surface area contributed by atoms with Gasteiger partial charge < -0.3 is 10.6 Å². The maximum atomic E-state index is 13.0. The molecule has 2 N–H and O–H groups in total. The fourth-order valence-corrected chi connectivity index (χ4v) is 3.27. The average molecular weight is 280 g/mol. The zero-order valence-corrected chi connectivity index (χ0v) is 11.7. The Morgan fingerprint density at radius 2 is 1.76 bits per heavy atom. The standard InChI is InChI=1S/C18H17FN2/c19-16-4-1-12(2-5-16)13-3-6-17-14(7-13)8-20-9-15-10-21-11-18(15)17/h1-8,15,20-21H,9-11H2. The van der Waals surface area contributed by atoms with Gasteiger partial charge in [0.25, 0.3) is 0 Å². The first-order valence-corrected chi connectivity index (χ1v) is 7.35. The lowest BCUT2D eigenvalue weighted by atomic mass is 9.98. The molecule has 2 nitrogen and oxygen atoms in total. The Bertz CT molecular complexity index is 793. The van der Waals surface area contributed by atoms with Gasteiger partial charge in [-0.25, -0.2) is 4.39 Å². The predicted octanol–water partition coefficient (Wildman–Crippen LogP) is 1.20. The van der Waals surface area contributed by atoms with Crippen molar-refractivity contribution < 1.29 is 4.39 Å². The average Bonchev–Trinajstić information content (AvgIpc) is 2.90. The maximum Gasteiger partial charge on any atom is 0.123 e. The summed E-state index contributed by atoms with van der Waals surface area (Å²) in [5.74, 6) is 0.385. The summed E-state index contributed by atoms with van der Waals surface area (Å²) < 4.78 is 13.0. The summed E-state index contributed by atoms with van der Waals surface area (Å²) in [6, 6.07) is 13.2. The highest BCUT2D eigenvalue weighted by Crippen LogP contribution is 2.19. The minimum Gasteiger partial charge on any atom is -0.390 e. The van der Waals surface area contributed by atoms with Crippen LogP contribution in [0, 0.1) is 11.7 Å². The molecule has 21 heavy (non-hydrogen) atoms. The summed E-state index contributed by atoms with van der Waals surface area (Å²) in [5.41, 5.74) is 3.66. The highest BCUT2D eigenvalue weighted by Gasteiger charge is 2.21. The van der Waals surface area contributed by atoms with E-state index in [1.807, 2.05) is 12.1 Å². The van der Waals surface area contributed by atoms with Gasteiger partial charge in [-0.05, 0) is 45.3 Å². The maximum absolute atomic E-state index is 13.0. The second-order valence-corrected chi connectivity index (χ2v) is 5.71. The van der Waals surface area contributed by atoms with Gasteiger partial charge in [0.05, 0.1) is 0 Å². The molecule has 0 saturated carbocycles. The van der Waals surface area contributed by atoms with E-state index >= 15 is 0 Å². The van der Waals surface area contributed by atoms with Gasteiger partial charge in [-0.2, -0.15) is 0 Å². The molecular formula is C18H17FN2. The number of hydrogen-bond donors (Lipinski definition) is 2. The molecule has 2 aromatic carbocycles. The van der Waals surface area contributed by atoms with Crippen molar-refractivity contribution in [3.8, 4) is 11.1 Å². The number of rotatable bonds is 1. The summed E-state index contributed by atoms with van der Waals surface area (Å²) in [4.78, 5) is 0. The second kappa shape index (κ2) is 5.01. The molecule has 0 radical (unpaired) electrons. The molecule has 0 bridgehead atoms.